The molecule has 0 atom stereocenters. The number of nitrogens with zero attached hydrogens (tertiary/aromatic N) is 2. The lowest BCUT2D eigenvalue weighted by Gasteiger charge is -2.08. The number of aromatic nitrogens is 2. The Morgan fingerprint density at radius 3 is 2.39 bits per heavy atom. The van der Waals surface area contributed by atoms with Gasteiger partial charge in [-0.25, -0.2) is 4.98 Å². The Hall–Kier alpha value is -2.70. The highest BCUT2D eigenvalue weighted by molar-refractivity contribution is 5.66. The van der Waals surface area contributed by atoms with Crippen molar-refractivity contribution in [3.63, 3.8) is 0 Å². The highest BCUT2D eigenvalue weighted by Crippen LogP contribution is 2.33. The molecule has 0 radical (unpaired) electrons. The molecular weight excluding hydrogens is 309 g/mol. The average Bonchev–Trinajstić information content (AvgIpc) is 2.96. The molecule has 2 heterocycles. The lowest BCUT2D eigenvalue weighted by molar-refractivity contribution is -0.137. The maximum absolute atomic E-state index is 12.8. The maximum atomic E-state index is 12.8. The zero-order chi connectivity index (χ0) is 16.6. The maximum Gasteiger partial charge on any atom is 0.416 e. The average molecular weight is 322 g/mol. The molecule has 0 N–H and O–H groups in total. The fraction of sp³-hybridized carbons (Fsp3) is 0.188. The van der Waals surface area contributed by atoms with Crippen molar-refractivity contribution in [3.05, 3.63) is 48.3 Å². The second-order valence-corrected chi connectivity index (χ2v) is 4.87. The number of benzene rings is 1. The van der Waals surface area contributed by atoms with E-state index >= 15 is 0 Å². The van der Waals surface area contributed by atoms with Crippen LogP contribution in [-0.4, -0.2) is 23.6 Å². The molecule has 0 unspecified atom stereocenters. The molecule has 0 bridgehead atoms. The van der Waals surface area contributed by atoms with Gasteiger partial charge in [-0.3, -0.25) is 0 Å². The van der Waals surface area contributed by atoms with Crippen LogP contribution in [0.1, 0.15) is 5.56 Å². The van der Waals surface area contributed by atoms with Crippen LogP contribution in [0.25, 0.3) is 16.9 Å². The Balaban J connectivity index is 2.07. The van der Waals surface area contributed by atoms with Crippen LogP contribution in [0.5, 0.6) is 11.5 Å². The first-order valence-electron chi connectivity index (χ1n) is 6.70. The molecule has 0 fully saturated rings. The molecule has 120 valence electrons. The van der Waals surface area contributed by atoms with Crippen LogP contribution < -0.4 is 9.47 Å². The van der Waals surface area contributed by atoms with Gasteiger partial charge in [-0.15, -0.1) is 0 Å². The summed E-state index contributed by atoms with van der Waals surface area (Å²) in [6, 6.07) is 7.26. The fourth-order valence-electron chi connectivity index (χ4n) is 2.29. The first-order chi connectivity index (χ1) is 10.9. The summed E-state index contributed by atoms with van der Waals surface area (Å²) in [4.78, 5) is 4.25. The van der Waals surface area contributed by atoms with Gasteiger partial charge >= 0.3 is 6.18 Å². The second-order valence-electron chi connectivity index (χ2n) is 4.87. The Labute approximate surface area is 130 Å². The van der Waals surface area contributed by atoms with Crippen molar-refractivity contribution >= 4 is 5.65 Å². The number of pyridine rings is 1. The SMILES string of the molecule is COc1ccc(-c2cn3ccc(C(F)(F)F)cc3n2)cc1OC. The van der Waals surface area contributed by atoms with Crippen molar-refractivity contribution in [2.45, 2.75) is 6.18 Å². The van der Waals surface area contributed by atoms with Gasteiger partial charge in [-0.05, 0) is 30.3 Å². The third kappa shape index (κ3) is 2.81. The molecule has 0 saturated carbocycles. The van der Waals surface area contributed by atoms with Crippen LogP contribution in [0.4, 0.5) is 13.2 Å². The summed E-state index contributed by atoms with van der Waals surface area (Å²) in [6.07, 6.45) is -1.39. The molecule has 0 saturated heterocycles. The third-order valence-electron chi connectivity index (χ3n) is 3.47. The van der Waals surface area contributed by atoms with Crippen molar-refractivity contribution in [2.75, 3.05) is 14.2 Å². The van der Waals surface area contributed by atoms with Crippen molar-refractivity contribution in [1.29, 1.82) is 0 Å². The fourth-order valence-corrected chi connectivity index (χ4v) is 2.29. The van der Waals surface area contributed by atoms with E-state index in [4.69, 9.17) is 9.47 Å². The van der Waals surface area contributed by atoms with Crippen LogP contribution >= 0.6 is 0 Å². The van der Waals surface area contributed by atoms with Gasteiger partial charge < -0.3 is 13.9 Å². The Morgan fingerprint density at radius 2 is 1.74 bits per heavy atom. The molecule has 2 aromatic heterocycles. The van der Waals surface area contributed by atoms with Gasteiger partial charge in [0.05, 0.1) is 25.5 Å². The van der Waals surface area contributed by atoms with Crippen LogP contribution in [0.3, 0.4) is 0 Å². The standard InChI is InChI=1S/C16H13F3N2O2/c1-22-13-4-3-10(7-14(13)23-2)12-9-21-6-5-11(16(17,18)19)8-15(21)20-12/h3-9H,1-2H3. The summed E-state index contributed by atoms with van der Waals surface area (Å²) in [6.45, 7) is 0. The number of imidazole rings is 1. The minimum absolute atomic E-state index is 0.226. The second kappa shape index (κ2) is 5.49. The number of hydrogen-bond acceptors (Lipinski definition) is 3. The summed E-state index contributed by atoms with van der Waals surface area (Å²) < 4.78 is 50.2. The van der Waals surface area contributed by atoms with E-state index in [0.717, 1.165) is 17.7 Å². The first kappa shape index (κ1) is 15.2. The molecule has 3 rings (SSSR count). The van der Waals surface area contributed by atoms with Crippen molar-refractivity contribution < 1.29 is 22.6 Å². The Bertz CT molecular complexity index is 856. The minimum Gasteiger partial charge on any atom is -0.493 e. The number of rotatable bonds is 3. The molecular formula is C16H13F3N2O2. The van der Waals surface area contributed by atoms with Gasteiger partial charge in [0.1, 0.15) is 5.65 Å². The molecule has 0 aliphatic rings. The monoisotopic (exact) mass is 322 g/mol. The summed E-state index contributed by atoms with van der Waals surface area (Å²) in [7, 11) is 3.04. The van der Waals surface area contributed by atoms with E-state index < -0.39 is 11.7 Å². The summed E-state index contributed by atoms with van der Waals surface area (Å²) >= 11 is 0. The lowest BCUT2D eigenvalue weighted by Crippen LogP contribution is -2.05. The number of fused-ring (bicyclic) bond motifs is 1. The molecule has 23 heavy (non-hydrogen) atoms. The molecule has 7 heteroatoms. The highest BCUT2D eigenvalue weighted by atomic mass is 19.4. The van der Waals surface area contributed by atoms with Crippen LogP contribution in [0, 0.1) is 0 Å². The Kier molecular flexibility index (Phi) is 3.63. The van der Waals surface area contributed by atoms with Crippen molar-refractivity contribution in [3.8, 4) is 22.8 Å². The molecule has 4 nitrogen and oxygen atoms in total. The lowest BCUT2D eigenvalue weighted by atomic mass is 10.1. The van der Waals surface area contributed by atoms with E-state index in [-0.39, 0.29) is 5.65 Å². The van der Waals surface area contributed by atoms with Gasteiger partial charge in [0.25, 0.3) is 0 Å². The van der Waals surface area contributed by atoms with Crippen molar-refractivity contribution in [1.82, 2.24) is 9.38 Å². The Morgan fingerprint density at radius 1 is 1.00 bits per heavy atom. The van der Waals surface area contributed by atoms with Gasteiger partial charge in [0.15, 0.2) is 11.5 Å². The van der Waals surface area contributed by atoms with E-state index in [1.165, 1.54) is 20.4 Å². The molecule has 3 aromatic rings. The number of methoxy groups -OCH3 is 2. The third-order valence-corrected chi connectivity index (χ3v) is 3.47. The summed E-state index contributed by atoms with van der Waals surface area (Å²) in [5.74, 6) is 1.09. The minimum atomic E-state index is -4.39. The van der Waals surface area contributed by atoms with Gasteiger partial charge in [0.2, 0.25) is 0 Å². The molecule has 1 aromatic carbocycles. The molecule has 0 aliphatic carbocycles. The van der Waals surface area contributed by atoms with Crippen LogP contribution in [0.2, 0.25) is 0 Å². The van der Waals surface area contributed by atoms with Crippen molar-refractivity contribution in [2.24, 2.45) is 0 Å². The number of alkyl halides is 3. The van der Waals surface area contributed by atoms with E-state index in [1.54, 1.807) is 28.8 Å². The zero-order valence-electron chi connectivity index (χ0n) is 12.4. The summed E-state index contributed by atoms with van der Waals surface area (Å²) in [5.41, 5.74) is 0.768. The number of hydrogen-bond donors (Lipinski definition) is 0. The largest absolute Gasteiger partial charge is 0.493 e. The highest BCUT2D eigenvalue weighted by Gasteiger charge is 2.30. The molecule has 0 spiro atoms. The van der Waals surface area contributed by atoms with Gasteiger partial charge in [-0.1, -0.05) is 0 Å². The van der Waals surface area contributed by atoms with E-state index in [2.05, 4.69) is 4.98 Å². The zero-order valence-corrected chi connectivity index (χ0v) is 12.4. The van der Waals surface area contributed by atoms with E-state index in [1.807, 2.05) is 0 Å². The van der Waals surface area contributed by atoms with E-state index in [0.29, 0.717) is 17.2 Å². The van der Waals surface area contributed by atoms with Gasteiger partial charge in [0, 0.05) is 18.0 Å². The normalized spacial score (nSPS) is 11.7. The smallest absolute Gasteiger partial charge is 0.416 e. The quantitative estimate of drug-likeness (QED) is 0.730. The van der Waals surface area contributed by atoms with E-state index in [9.17, 15) is 13.2 Å². The number of ether oxygens (including phenoxy) is 2. The predicted molar refractivity (Wildman–Crippen MR) is 78.7 cm³/mol. The topological polar surface area (TPSA) is 35.8 Å². The molecule has 0 aliphatic heterocycles. The van der Waals surface area contributed by atoms with Crippen LogP contribution in [-0.2, 0) is 6.18 Å². The first-order valence-corrected chi connectivity index (χ1v) is 6.70. The number of halogens is 3. The van der Waals surface area contributed by atoms with Crippen LogP contribution in [0.15, 0.2) is 42.7 Å². The molecule has 0 amide bonds. The summed E-state index contributed by atoms with van der Waals surface area (Å²) in [5, 5.41) is 0. The predicted octanol–water partition coefficient (Wildman–Crippen LogP) is 4.04. The van der Waals surface area contributed by atoms with Gasteiger partial charge in [-0.2, -0.15) is 13.2 Å².